The first-order valence-electron chi connectivity index (χ1n) is 7.34. The smallest absolute Gasteiger partial charge is 0.338 e. The number of aromatic nitrogens is 1. The third-order valence-corrected chi connectivity index (χ3v) is 4.36. The lowest BCUT2D eigenvalue weighted by Crippen LogP contribution is -2.14. The number of carbonyl (C=O) groups is 1. The topological polar surface area (TPSA) is 76.1 Å². The van der Waals surface area contributed by atoms with Crippen LogP contribution < -0.4 is 0 Å². The first kappa shape index (κ1) is 16.0. The average Bonchev–Trinajstić information content (AvgIpc) is 3.32. The van der Waals surface area contributed by atoms with Gasteiger partial charge in [-0.1, -0.05) is 18.2 Å². The molecule has 24 heavy (non-hydrogen) atoms. The minimum absolute atomic E-state index is 0.0804. The van der Waals surface area contributed by atoms with E-state index >= 15 is 0 Å². The van der Waals surface area contributed by atoms with Gasteiger partial charge in [-0.15, -0.1) is 11.3 Å². The fourth-order valence-electron chi connectivity index (χ4n) is 2.20. The Balaban J connectivity index is 1.57. The maximum atomic E-state index is 12.1. The van der Waals surface area contributed by atoms with Crippen LogP contribution in [0.1, 0.15) is 15.2 Å². The molecule has 0 bridgehead atoms. The van der Waals surface area contributed by atoms with E-state index in [1.54, 1.807) is 41.8 Å². The number of carbonyl (C=O) groups excluding carboxylic acids is 1. The molecular formula is C18H14N2O3S. The summed E-state index contributed by atoms with van der Waals surface area (Å²) < 4.78 is 10.5. The molecule has 120 valence electrons. The number of benzene rings is 1. The van der Waals surface area contributed by atoms with Crippen molar-refractivity contribution in [1.82, 2.24) is 4.98 Å². The summed E-state index contributed by atoms with van der Waals surface area (Å²) in [6, 6.07) is 13.0. The van der Waals surface area contributed by atoms with E-state index in [2.05, 4.69) is 11.1 Å². The molecule has 0 saturated carbocycles. The molecule has 0 amide bonds. The Morgan fingerprint density at radius 3 is 2.79 bits per heavy atom. The second kappa shape index (κ2) is 7.57. The van der Waals surface area contributed by atoms with Gasteiger partial charge in [-0.2, -0.15) is 5.26 Å². The zero-order valence-electron chi connectivity index (χ0n) is 12.7. The van der Waals surface area contributed by atoms with Crippen molar-refractivity contribution in [2.24, 2.45) is 5.92 Å². The second-order valence-corrected chi connectivity index (χ2v) is 6.18. The van der Waals surface area contributed by atoms with Gasteiger partial charge >= 0.3 is 5.97 Å². The summed E-state index contributed by atoms with van der Waals surface area (Å²) in [6.07, 6.45) is 3.55. The third-order valence-electron chi connectivity index (χ3n) is 3.46. The van der Waals surface area contributed by atoms with Crippen LogP contribution in [0.25, 0.3) is 11.3 Å². The van der Waals surface area contributed by atoms with Gasteiger partial charge in [0.05, 0.1) is 23.7 Å². The van der Waals surface area contributed by atoms with Gasteiger partial charge in [0.2, 0.25) is 0 Å². The molecule has 6 heteroatoms. The molecule has 0 spiro atoms. The van der Waals surface area contributed by atoms with Gasteiger partial charge in [0, 0.05) is 16.9 Å². The Morgan fingerprint density at radius 1 is 1.33 bits per heavy atom. The first-order chi connectivity index (χ1) is 11.8. The molecule has 0 radical (unpaired) electrons. The van der Waals surface area contributed by atoms with Gasteiger partial charge in [-0.25, -0.2) is 9.78 Å². The maximum absolute atomic E-state index is 12.1. The molecule has 0 fully saturated rings. The largest absolute Gasteiger partial charge is 0.461 e. The standard InChI is InChI=1S/C18H14N2O3S/c19-9-13(8-16-2-1-7-24-16)11-22-18(21)15-5-3-14(4-6-15)17-10-20-12-23-17/h1-7,10,12-13H,8,11H2/t13-/m0/s1. The summed E-state index contributed by atoms with van der Waals surface area (Å²) >= 11 is 1.59. The van der Waals surface area contributed by atoms with Gasteiger partial charge in [-0.05, 0) is 23.6 Å². The van der Waals surface area contributed by atoms with Gasteiger partial charge in [0.25, 0.3) is 0 Å². The molecule has 3 rings (SSSR count). The number of oxazole rings is 1. The van der Waals surface area contributed by atoms with Crippen LogP contribution in [0.5, 0.6) is 0 Å². The van der Waals surface area contributed by atoms with E-state index in [-0.39, 0.29) is 12.5 Å². The number of hydrogen-bond donors (Lipinski definition) is 0. The molecule has 0 aliphatic rings. The summed E-state index contributed by atoms with van der Waals surface area (Å²) in [7, 11) is 0. The SMILES string of the molecule is N#C[C@@H](COC(=O)c1ccc(-c2cnco2)cc1)Cc1cccs1. The van der Waals surface area contributed by atoms with Crippen LogP contribution in [-0.2, 0) is 11.2 Å². The molecule has 0 aliphatic heterocycles. The Kier molecular flexibility index (Phi) is 5.04. The summed E-state index contributed by atoms with van der Waals surface area (Å²) in [5.41, 5.74) is 1.27. The van der Waals surface area contributed by atoms with E-state index in [1.807, 2.05) is 17.5 Å². The Morgan fingerprint density at radius 2 is 2.17 bits per heavy atom. The highest BCUT2D eigenvalue weighted by Gasteiger charge is 2.14. The van der Waals surface area contributed by atoms with Crippen LogP contribution in [-0.4, -0.2) is 17.6 Å². The Hall–Kier alpha value is -2.91. The first-order valence-corrected chi connectivity index (χ1v) is 8.22. The number of rotatable bonds is 6. The molecule has 3 aromatic rings. The zero-order valence-corrected chi connectivity index (χ0v) is 13.5. The van der Waals surface area contributed by atoms with Crippen molar-refractivity contribution in [3.05, 3.63) is 64.8 Å². The summed E-state index contributed by atoms with van der Waals surface area (Å²) in [4.78, 5) is 17.1. The van der Waals surface area contributed by atoms with Crippen molar-refractivity contribution in [3.8, 4) is 17.4 Å². The third kappa shape index (κ3) is 3.89. The highest BCUT2D eigenvalue weighted by molar-refractivity contribution is 7.09. The van der Waals surface area contributed by atoms with Crippen LogP contribution in [0.4, 0.5) is 0 Å². The number of esters is 1. The summed E-state index contributed by atoms with van der Waals surface area (Å²) in [5, 5.41) is 11.2. The molecule has 2 aromatic heterocycles. The predicted octanol–water partition coefficient (Wildman–Crippen LogP) is 3.94. The highest BCUT2D eigenvalue weighted by Crippen LogP contribution is 2.19. The van der Waals surface area contributed by atoms with E-state index in [9.17, 15) is 10.1 Å². The molecule has 0 unspecified atom stereocenters. The fourth-order valence-corrected chi connectivity index (χ4v) is 2.99. The van der Waals surface area contributed by atoms with E-state index in [0.29, 0.717) is 17.7 Å². The van der Waals surface area contributed by atoms with Crippen molar-refractivity contribution in [3.63, 3.8) is 0 Å². The van der Waals surface area contributed by atoms with Crippen molar-refractivity contribution < 1.29 is 13.9 Å². The van der Waals surface area contributed by atoms with E-state index < -0.39 is 5.97 Å². The number of ether oxygens (including phenoxy) is 1. The lowest BCUT2D eigenvalue weighted by molar-refractivity contribution is 0.0468. The molecule has 5 nitrogen and oxygen atoms in total. The quantitative estimate of drug-likeness (QED) is 0.636. The number of nitriles is 1. The maximum Gasteiger partial charge on any atom is 0.338 e. The van der Waals surface area contributed by atoms with Crippen LogP contribution in [0.2, 0.25) is 0 Å². The lowest BCUT2D eigenvalue weighted by atomic mass is 10.1. The molecule has 1 aromatic carbocycles. The number of thiophene rings is 1. The van der Waals surface area contributed by atoms with Gasteiger partial charge in [-0.3, -0.25) is 0 Å². The van der Waals surface area contributed by atoms with Gasteiger partial charge in [0.15, 0.2) is 12.2 Å². The molecular weight excluding hydrogens is 324 g/mol. The minimum Gasteiger partial charge on any atom is -0.461 e. The average molecular weight is 338 g/mol. The minimum atomic E-state index is -0.439. The second-order valence-electron chi connectivity index (χ2n) is 5.15. The Bertz CT molecular complexity index is 818. The van der Waals surface area contributed by atoms with Gasteiger partial charge in [0.1, 0.15) is 6.61 Å². The number of nitrogens with zero attached hydrogens (tertiary/aromatic N) is 2. The van der Waals surface area contributed by atoms with E-state index in [0.717, 1.165) is 10.4 Å². The normalized spacial score (nSPS) is 11.6. The zero-order chi connectivity index (χ0) is 16.8. The molecule has 0 aliphatic carbocycles. The molecule has 2 heterocycles. The van der Waals surface area contributed by atoms with Crippen molar-refractivity contribution >= 4 is 17.3 Å². The highest BCUT2D eigenvalue weighted by atomic mass is 32.1. The van der Waals surface area contributed by atoms with Crippen molar-refractivity contribution in [2.45, 2.75) is 6.42 Å². The number of hydrogen-bond acceptors (Lipinski definition) is 6. The summed E-state index contributed by atoms with van der Waals surface area (Å²) in [5.74, 6) is -0.151. The van der Waals surface area contributed by atoms with Crippen LogP contribution >= 0.6 is 11.3 Å². The summed E-state index contributed by atoms with van der Waals surface area (Å²) in [6.45, 7) is 0.0804. The monoisotopic (exact) mass is 338 g/mol. The lowest BCUT2D eigenvalue weighted by Gasteiger charge is -2.09. The molecule has 1 atom stereocenters. The van der Waals surface area contributed by atoms with Crippen LogP contribution in [0.3, 0.4) is 0 Å². The van der Waals surface area contributed by atoms with Crippen molar-refractivity contribution in [1.29, 1.82) is 5.26 Å². The van der Waals surface area contributed by atoms with E-state index in [1.165, 1.54) is 6.39 Å². The molecule has 0 saturated heterocycles. The van der Waals surface area contributed by atoms with Crippen LogP contribution in [0.15, 0.2) is 58.8 Å². The fraction of sp³-hybridized carbons (Fsp3) is 0.167. The predicted molar refractivity (Wildman–Crippen MR) is 89.3 cm³/mol. The van der Waals surface area contributed by atoms with Gasteiger partial charge < -0.3 is 9.15 Å². The van der Waals surface area contributed by atoms with Crippen molar-refractivity contribution in [2.75, 3.05) is 6.61 Å². The van der Waals surface area contributed by atoms with E-state index in [4.69, 9.17) is 9.15 Å². The molecule has 0 N–H and O–H groups in total. The van der Waals surface area contributed by atoms with Crippen LogP contribution in [0, 0.1) is 17.2 Å². The Labute approximate surface area is 143 Å².